The first-order valence-electron chi connectivity index (χ1n) is 10.4. The van der Waals surface area contributed by atoms with Gasteiger partial charge in [-0.1, -0.05) is 29.8 Å². The highest BCUT2D eigenvalue weighted by molar-refractivity contribution is 6.29. The van der Waals surface area contributed by atoms with Crippen LogP contribution in [0, 0.1) is 0 Å². The summed E-state index contributed by atoms with van der Waals surface area (Å²) in [6.45, 7) is 3.94. The van der Waals surface area contributed by atoms with Gasteiger partial charge < -0.3 is 9.47 Å². The molecule has 4 atom stereocenters. The number of esters is 1. The largest absolute Gasteiger partial charge is 0.490 e. The van der Waals surface area contributed by atoms with Crippen molar-refractivity contribution in [2.24, 2.45) is 0 Å². The molecule has 30 heavy (non-hydrogen) atoms. The van der Waals surface area contributed by atoms with Crippen molar-refractivity contribution in [1.29, 1.82) is 0 Å². The lowest BCUT2D eigenvalue weighted by atomic mass is 9.93. The van der Waals surface area contributed by atoms with E-state index in [4.69, 9.17) is 32.7 Å². The zero-order valence-electron chi connectivity index (χ0n) is 16.4. The summed E-state index contributed by atoms with van der Waals surface area (Å²) in [6.07, 6.45) is 6.84. The fourth-order valence-corrected chi connectivity index (χ4v) is 5.39. The third-order valence-electron chi connectivity index (χ3n) is 6.46. The Morgan fingerprint density at radius 2 is 1.33 bits per heavy atom. The van der Waals surface area contributed by atoms with Crippen LogP contribution in [0.5, 0.6) is 0 Å². The third-order valence-corrected chi connectivity index (χ3v) is 6.88. The highest BCUT2D eigenvalue weighted by atomic mass is 35.5. The Kier molecular flexibility index (Phi) is 5.19. The molecule has 7 heteroatoms. The maximum atomic E-state index is 11.6. The van der Waals surface area contributed by atoms with E-state index in [1.165, 1.54) is 6.42 Å². The molecule has 0 saturated heterocycles. The SMILES string of the molecule is C=C1O[C@H]2CCC[C@H]2c2nc(Cl)ccc21.O=C1O[C@@H]2CCC[C@@H]2c2nc(Cl)ccc21. The number of hydrogen-bond acceptors (Lipinski definition) is 5. The zero-order valence-corrected chi connectivity index (χ0v) is 18.0. The lowest BCUT2D eigenvalue weighted by Gasteiger charge is -2.29. The first kappa shape index (κ1) is 19.8. The molecule has 2 aromatic rings. The molecule has 0 aromatic carbocycles. The van der Waals surface area contributed by atoms with Crippen LogP contribution < -0.4 is 0 Å². The van der Waals surface area contributed by atoms with Gasteiger partial charge in [0.05, 0.1) is 17.0 Å². The number of fused-ring (bicyclic) bond motifs is 6. The van der Waals surface area contributed by atoms with Crippen LogP contribution in [0.1, 0.15) is 77.7 Å². The summed E-state index contributed by atoms with van der Waals surface area (Å²) in [7, 11) is 0. The Labute approximate surface area is 185 Å². The predicted octanol–water partition coefficient (Wildman–Crippen LogP) is 5.91. The first-order valence-corrected chi connectivity index (χ1v) is 11.2. The van der Waals surface area contributed by atoms with Crippen LogP contribution in [0.15, 0.2) is 30.8 Å². The second kappa shape index (κ2) is 7.86. The highest BCUT2D eigenvalue weighted by Crippen LogP contribution is 2.44. The van der Waals surface area contributed by atoms with Gasteiger partial charge in [-0.15, -0.1) is 0 Å². The number of ether oxygens (including phenoxy) is 2. The summed E-state index contributed by atoms with van der Waals surface area (Å²) in [5.74, 6) is 1.18. The molecule has 2 aromatic heterocycles. The summed E-state index contributed by atoms with van der Waals surface area (Å²) >= 11 is 11.8. The second-order valence-corrected chi connectivity index (χ2v) is 9.01. The quantitative estimate of drug-likeness (QED) is 0.373. The lowest BCUT2D eigenvalue weighted by molar-refractivity contribution is 0.0222. The van der Waals surface area contributed by atoms with E-state index < -0.39 is 0 Å². The monoisotopic (exact) mass is 444 g/mol. The fraction of sp³-hybridized carbons (Fsp3) is 0.435. The summed E-state index contributed by atoms with van der Waals surface area (Å²) in [4.78, 5) is 20.3. The van der Waals surface area contributed by atoms with E-state index in [1.54, 1.807) is 18.2 Å². The smallest absolute Gasteiger partial charge is 0.340 e. The number of halogens is 2. The number of rotatable bonds is 0. The maximum Gasteiger partial charge on any atom is 0.340 e. The van der Waals surface area contributed by atoms with Crippen molar-refractivity contribution >= 4 is 34.9 Å². The van der Waals surface area contributed by atoms with Gasteiger partial charge in [0.15, 0.2) is 0 Å². The van der Waals surface area contributed by atoms with Gasteiger partial charge in [-0.05, 0) is 62.8 Å². The van der Waals surface area contributed by atoms with E-state index in [0.29, 0.717) is 21.8 Å². The van der Waals surface area contributed by atoms with Crippen molar-refractivity contribution in [3.8, 4) is 0 Å². The van der Waals surface area contributed by atoms with E-state index in [1.807, 2.05) is 6.07 Å². The van der Waals surface area contributed by atoms with E-state index in [9.17, 15) is 4.79 Å². The Morgan fingerprint density at radius 1 is 0.800 bits per heavy atom. The zero-order chi connectivity index (χ0) is 20.8. The van der Waals surface area contributed by atoms with E-state index in [-0.39, 0.29) is 24.1 Å². The molecular formula is C23H22Cl2N2O3. The average molecular weight is 445 g/mol. The number of hydrogen-bond donors (Lipinski definition) is 0. The molecule has 0 N–H and O–H groups in total. The third kappa shape index (κ3) is 3.48. The minimum atomic E-state index is -0.252. The fourth-order valence-electron chi connectivity index (χ4n) is 5.08. The summed E-state index contributed by atoms with van der Waals surface area (Å²) in [5, 5.41) is 1.02. The van der Waals surface area contributed by atoms with Crippen molar-refractivity contribution in [3.63, 3.8) is 0 Å². The molecule has 2 saturated carbocycles. The number of nitrogens with zero attached hydrogens (tertiary/aromatic N) is 2. The van der Waals surface area contributed by atoms with Crippen LogP contribution in [-0.2, 0) is 9.47 Å². The topological polar surface area (TPSA) is 61.3 Å². The number of pyridine rings is 2. The Bertz CT molecular complexity index is 944. The Balaban J connectivity index is 0.000000128. The Hall–Kier alpha value is -2.11. The summed E-state index contributed by atoms with van der Waals surface area (Å²) in [5.41, 5.74) is 3.53. The number of carbonyl (C=O) groups excluding carboxylic acids is 1. The van der Waals surface area contributed by atoms with Gasteiger partial charge in [-0.2, -0.15) is 0 Å². The van der Waals surface area contributed by atoms with Gasteiger partial charge in [-0.25, -0.2) is 14.8 Å². The molecule has 4 heterocycles. The molecule has 0 spiro atoms. The molecule has 4 aliphatic rings. The van der Waals surface area contributed by atoms with E-state index in [0.717, 1.165) is 54.8 Å². The van der Waals surface area contributed by atoms with Gasteiger partial charge >= 0.3 is 5.97 Å². The second-order valence-electron chi connectivity index (χ2n) is 8.23. The van der Waals surface area contributed by atoms with Crippen LogP contribution >= 0.6 is 23.2 Å². The average Bonchev–Trinajstić information content (AvgIpc) is 3.38. The van der Waals surface area contributed by atoms with E-state index >= 15 is 0 Å². The molecule has 2 fully saturated rings. The molecule has 2 aliphatic carbocycles. The lowest BCUT2D eigenvalue weighted by Crippen LogP contribution is -2.29. The molecular weight excluding hydrogens is 423 g/mol. The van der Waals surface area contributed by atoms with Crippen molar-refractivity contribution in [2.45, 2.75) is 62.6 Å². The highest BCUT2D eigenvalue weighted by Gasteiger charge is 2.40. The van der Waals surface area contributed by atoms with Crippen LogP contribution in [-0.4, -0.2) is 28.1 Å². The van der Waals surface area contributed by atoms with Crippen LogP contribution in [0.3, 0.4) is 0 Å². The van der Waals surface area contributed by atoms with Crippen molar-refractivity contribution in [2.75, 3.05) is 0 Å². The molecule has 6 rings (SSSR count). The van der Waals surface area contributed by atoms with Crippen molar-refractivity contribution < 1.29 is 14.3 Å². The van der Waals surface area contributed by atoms with Gasteiger partial charge in [0.2, 0.25) is 0 Å². The Morgan fingerprint density at radius 3 is 1.97 bits per heavy atom. The molecule has 2 aliphatic heterocycles. The van der Waals surface area contributed by atoms with Crippen LogP contribution in [0.4, 0.5) is 0 Å². The first-order chi connectivity index (χ1) is 14.5. The van der Waals surface area contributed by atoms with Crippen LogP contribution in [0.2, 0.25) is 10.3 Å². The number of carbonyl (C=O) groups is 1. The molecule has 156 valence electrons. The van der Waals surface area contributed by atoms with Gasteiger partial charge in [0, 0.05) is 17.4 Å². The standard InChI is InChI=1S/C12H12ClNO.C11H10ClNO2/c1-7-8-5-6-11(13)14-12(8)9-3-2-4-10(9)15-7;12-9-5-4-7-10(13-9)6-2-1-3-8(6)15-11(7)14/h5-6,9-10H,1-4H2;4-6,8H,1-3H2/t9-,10+;6-,8+/m10/s1. The maximum absolute atomic E-state index is 11.6. The van der Waals surface area contributed by atoms with Crippen molar-refractivity contribution in [1.82, 2.24) is 9.97 Å². The predicted molar refractivity (Wildman–Crippen MR) is 115 cm³/mol. The van der Waals surface area contributed by atoms with Crippen molar-refractivity contribution in [3.05, 3.63) is 63.7 Å². The molecule has 0 radical (unpaired) electrons. The van der Waals surface area contributed by atoms with E-state index in [2.05, 4.69) is 16.5 Å². The minimum Gasteiger partial charge on any atom is -0.490 e. The van der Waals surface area contributed by atoms with Crippen LogP contribution in [0.25, 0.3) is 5.76 Å². The molecule has 5 nitrogen and oxygen atoms in total. The summed E-state index contributed by atoms with van der Waals surface area (Å²) < 4.78 is 11.2. The number of aromatic nitrogens is 2. The molecule has 0 amide bonds. The van der Waals surface area contributed by atoms with Gasteiger partial charge in [0.1, 0.15) is 28.3 Å². The van der Waals surface area contributed by atoms with Gasteiger partial charge in [-0.3, -0.25) is 0 Å². The molecule has 0 unspecified atom stereocenters. The normalized spacial score (nSPS) is 28.2. The summed E-state index contributed by atoms with van der Waals surface area (Å²) in [6, 6.07) is 7.10. The van der Waals surface area contributed by atoms with Gasteiger partial charge in [0.25, 0.3) is 0 Å². The minimum absolute atomic E-state index is 0.0240. The molecule has 0 bridgehead atoms.